The van der Waals surface area contributed by atoms with E-state index in [9.17, 15) is 8.78 Å². The predicted molar refractivity (Wildman–Crippen MR) is 49.8 cm³/mol. The van der Waals surface area contributed by atoms with Crippen molar-refractivity contribution in [3.8, 4) is 0 Å². The van der Waals surface area contributed by atoms with Crippen LogP contribution in [0.4, 0.5) is 8.78 Å². The first-order valence-electron chi connectivity index (χ1n) is 4.45. The number of hydrogen-bond donors (Lipinski definition) is 1. The van der Waals surface area contributed by atoms with Gasteiger partial charge in [-0.2, -0.15) is 0 Å². The van der Waals surface area contributed by atoms with Crippen LogP contribution in [0.1, 0.15) is 18.6 Å². The Kier molecular flexibility index (Phi) is 3.98. The van der Waals surface area contributed by atoms with E-state index in [2.05, 4.69) is 0 Å². The molecule has 14 heavy (non-hydrogen) atoms. The van der Waals surface area contributed by atoms with Crippen molar-refractivity contribution in [3.05, 3.63) is 35.4 Å². The maximum atomic E-state index is 13.2. The minimum Gasteiger partial charge on any atom is -0.372 e. The van der Waals surface area contributed by atoms with E-state index < -0.39 is 17.7 Å². The van der Waals surface area contributed by atoms with Gasteiger partial charge in [0.15, 0.2) is 0 Å². The van der Waals surface area contributed by atoms with Crippen LogP contribution >= 0.6 is 0 Å². The van der Waals surface area contributed by atoms with Crippen LogP contribution in [0.15, 0.2) is 18.2 Å². The largest absolute Gasteiger partial charge is 0.372 e. The molecule has 0 saturated carbocycles. The minimum atomic E-state index is -0.617. The third-order valence-electron chi connectivity index (χ3n) is 1.89. The fraction of sp³-hybridized carbons (Fsp3) is 0.400. The van der Waals surface area contributed by atoms with Gasteiger partial charge in [-0.05, 0) is 13.0 Å². The van der Waals surface area contributed by atoms with Gasteiger partial charge in [0.2, 0.25) is 0 Å². The number of benzene rings is 1. The molecule has 78 valence electrons. The Morgan fingerprint density at radius 2 is 2.14 bits per heavy atom. The molecule has 0 radical (unpaired) electrons. The third-order valence-corrected chi connectivity index (χ3v) is 1.89. The van der Waals surface area contributed by atoms with Gasteiger partial charge < -0.3 is 10.5 Å². The number of ether oxygens (including phenoxy) is 1. The van der Waals surface area contributed by atoms with E-state index in [1.807, 2.05) is 0 Å². The van der Waals surface area contributed by atoms with Crippen LogP contribution in [0.3, 0.4) is 0 Å². The van der Waals surface area contributed by atoms with Gasteiger partial charge in [-0.1, -0.05) is 6.07 Å². The second-order valence-electron chi connectivity index (χ2n) is 2.85. The second kappa shape index (κ2) is 5.02. The smallest absolute Gasteiger partial charge is 0.131 e. The number of halogens is 2. The van der Waals surface area contributed by atoms with Crippen LogP contribution in [-0.4, -0.2) is 13.2 Å². The first-order chi connectivity index (χ1) is 6.69. The Morgan fingerprint density at radius 3 is 2.64 bits per heavy atom. The van der Waals surface area contributed by atoms with Crippen LogP contribution in [-0.2, 0) is 4.74 Å². The van der Waals surface area contributed by atoms with Crippen molar-refractivity contribution in [2.75, 3.05) is 13.2 Å². The highest BCUT2D eigenvalue weighted by molar-refractivity contribution is 5.21. The van der Waals surface area contributed by atoms with Crippen molar-refractivity contribution in [3.63, 3.8) is 0 Å². The summed E-state index contributed by atoms with van der Waals surface area (Å²) in [6.07, 6.45) is -0.499. The molecule has 0 unspecified atom stereocenters. The maximum absolute atomic E-state index is 13.2. The standard InChI is InChI=1S/C10H13F2NO/c1-2-14-10(6-13)8-4-3-7(11)5-9(8)12/h3-5,10H,2,6,13H2,1H3/t10-/m0/s1. The fourth-order valence-corrected chi connectivity index (χ4v) is 1.25. The molecular weight excluding hydrogens is 188 g/mol. The first-order valence-corrected chi connectivity index (χ1v) is 4.45. The molecule has 0 aromatic heterocycles. The average molecular weight is 201 g/mol. The van der Waals surface area contributed by atoms with Crippen molar-refractivity contribution >= 4 is 0 Å². The van der Waals surface area contributed by atoms with E-state index >= 15 is 0 Å². The van der Waals surface area contributed by atoms with Crippen molar-refractivity contribution in [1.29, 1.82) is 0 Å². The lowest BCUT2D eigenvalue weighted by atomic mass is 10.1. The Balaban J connectivity index is 2.92. The molecule has 0 heterocycles. The van der Waals surface area contributed by atoms with Crippen molar-refractivity contribution in [2.45, 2.75) is 13.0 Å². The van der Waals surface area contributed by atoms with Crippen LogP contribution < -0.4 is 5.73 Å². The highest BCUT2D eigenvalue weighted by Crippen LogP contribution is 2.20. The van der Waals surface area contributed by atoms with Gasteiger partial charge in [0.25, 0.3) is 0 Å². The Bertz CT molecular complexity index is 304. The van der Waals surface area contributed by atoms with Crippen LogP contribution in [0, 0.1) is 11.6 Å². The first kappa shape index (κ1) is 11.1. The lowest BCUT2D eigenvalue weighted by Gasteiger charge is -2.15. The zero-order chi connectivity index (χ0) is 10.6. The molecule has 1 aromatic rings. The fourth-order valence-electron chi connectivity index (χ4n) is 1.25. The number of rotatable bonds is 4. The van der Waals surface area contributed by atoms with E-state index in [1.54, 1.807) is 6.92 Å². The molecule has 0 aliphatic rings. The van der Waals surface area contributed by atoms with Gasteiger partial charge in [0, 0.05) is 24.8 Å². The average Bonchev–Trinajstić information content (AvgIpc) is 2.15. The second-order valence-corrected chi connectivity index (χ2v) is 2.85. The third kappa shape index (κ3) is 2.49. The minimum absolute atomic E-state index is 0.177. The molecule has 0 aliphatic carbocycles. The summed E-state index contributed by atoms with van der Waals surface area (Å²) in [4.78, 5) is 0. The zero-order valence-corrected chi connectivity index (χ0v) is 7.97. The molecule has 0 bridgehead atoms. The topological polar surface area (TPSA) is 35.2 Å². The summed E-state index contributed by atoms with van der Waals surface area (Å²) in [7, 11) is 0. The van der Waals surface area contributed by atoms with Gasteiger partial charge in [-0.25, -0.2) is 8.78 Å². The Morgan fingerprint density at radius 1 is 1.43 bits per heavy atom. The Hall–Kier alpha value is -1.00. The van der Waals surface area contributed by atoms with E-state index in [-0.39, 0.29) is 6.54 Å². The lowest BCUT2D eigenvalue weighted by molar-refractivity contribution is 0.0662. The highest BCUT2D eigenvalue weighted by atomic mass is 19.1. The molecule has 1 rings (SSSR count). The van der Waals surface area contributed by atoms with Gasteiger partial charge in [-0.3, -0.25) is 0 Å². The molecule has 2 nitrogen and oxygen atoms in total. The van der Waals surface area contributed by atoms with Gasteiger partial charge in [0.05, 0.1) is 6.10 Å². The molecule has 1 atom stereocenters. The van der Waals surface area contributed by atoms with Crippen molar-refractivity contribution in [1.82, 2.24) is 0 Å². The summed E-state index contributed by atoms with van der Waals surface area (Å²) in [5, 5.41) is 0. The van der Waals surface area contributed by atoms with Crippen molar-refractivity contribution < 1.29 is 13.5 Å². The SMILES string of the molecule is CCO[C@@H](CN)c1ccc(F)cc1F. The zero-order valence-electron chi connectivity index (χ0n) is 7.97. The quantitative estimate of drug-likeness (QED) is 0.808. The molecule has 0 saturated heterocycles. The van der Waals surface area contributed by atoms with E-state index in [4.69, 9.17) is 10.5 Å². The monoisotopic (exact) mass is 201 g/mol. The Labute approximate surface area is 81.7 Å². The maximum Gasteiger partial charge on any atom is 0.131 e. The molecular formula is C10H13F2NO. The van der Waals surface area contributed by atoms with Crippen LogP contribution in [0.25, 0.3) is 0 Å². The van der Waals surface area contributed by atoms with Crippen LogP contribution in [0.2, 0.25) is 0 Å². The molecule has 1 aromatic carbocycles. The van der Waals surface area contributed by atoms with E-state index in [0.29, 0.717) is 12.2 Å². The van der Waals surface area contributed by atoms with E-state index in [1.165, 1.54) is 12.1 Å². The molecule has 0 aliphatic heterocycles. The summed E-state index contributed by atoms with van der Waals surface area (Å²) in [6.45, 7) is 2.42. The summed E-state index contributed by atoms with van der Waals surface area (Å²) in [5.74, 6) is -1.22. The number of nitrogens with two attached hydrogens (primary N) is 1. The predicted octanol–water partition coefficient (Wildman–Crippen LogP) is 2.00. The summed E-state index contributed by atoms with van der Waals surface area (Å²) >= 11 is 0. The molecule has 4 heteroatoms. The molecule has 0 amide bonds. The summed E-state index contributed by atoms with van der Waals surface area (Å²) in [6, 6.07) is 3.38. The normalized spacial score (nSPS) is 12.9. The van der Waals surface area contributed by atoms with Gasteiger partial charge in [0.1, 0.15) is 11.6 Å². The highest BCUT2D eigenvalue weighted by Gasteiger charge is 2.14. The summed E-state index contributed by atoms with van der Waals surface area (Å²) in [5.41, 5.74) is 5.71. The lowest BCUT2D eigenvalue weighted by Crippen LogP contribution is -2.17. The molecule has 2 N–H and O–H groups in total. The molecule has 0 fully saturated rings. The summed E-state index contributed by atoms with van der Waals surface area (Å²) < 4.78 is 31.0. The van der Waals surface area contributed by atoms with Crippen LogP contribution in [0.5, 0.6) is 0 Å². The number of hydrogen-bond acceptors (Lipinski definition) is 2. The van der Waals surface area contributed by atoms with E-state index in [0.717, 1.165) is 6.07 Å². The molecule has 0 spiro atoms. The van der Waals surface area contributed by atoms with Gasteiger partial charge >= 0.3 is 0 Å². The van der Waals surface area contributed by atoms with Crippen molar-refractivity contribution in [2.24, 2.45) is 5.73 Å². The van der Waals surface area contributed by atoms with Gasteiger partial charge in [-0.15, -0.1) is 0 Å².